The maximum absolute atomic E-state index is 13.6. The molecule has 3 aromatic carbocycles. The molecule has 0 amide bonds. The molecule has 0 aliphatic rings. The number of rotatable bonds is 6. The van der Waals surface area contributed by atoms with Crippen LogP contribution in [0.25, 0.3) is 16.9 Å². The van der Waals surface area contributed by atoms with Crippen LogP contribution in [0.3, 0.4) is 0 Å². The van der Waals surface area contributed by atoms with Crippen molar-refractivity contribution in [3.05, 3.63) is 92.7 Å². The number of aromatic amines is 1. The molecule has 6 nitrogen and oxygen atoms in total. The summed E-state index contributed by atoms with van der Waals surface area (Å²) < 4.78 is 12.0. The van der Waals surface area contributed by atoms with E-state index in [2.05, 4.69) is 10.1 Å². The lowest BCUT2D eigenvalue weighted by atomic mass is 10.0. The molecule has 0 saturated heterocycles. The van der Waals surface area contributed by atoms with E-state index in [-0.39, 0.29) is 5.56 Å². The van der Waals surface area contributed by atoms with Gasteiger partial charge in [0.05, 0.1) is 47.6 Å². The van der Waals surface area contributed by atoms with Gasteiger partial charge in [-0.15, -0.1) is 0 Å². The first-order chi connectivity index (χ1) is 15.9. The van der Waals surface area contributed by atoms with Gasteiger partial charge >= 0.3 is 0 Å². The maximum Gasteiger partial charge on any atom is 0.280 e. The van der Waals surface area contributed by atoms with Crippen molar-refractivity contribution in [1.82, 2.24) is 9.78 Å². The molecular formula is C25H21Cl2N3O3. The zero-order valence-electron chi connectivity index (χ0n) is 18.2. The van der Waals surface area contributed by atoms with E-state index in [9.17, 15) is 4.79 Å². The van der Waals surface area contributed by atoms with Crippen LogP contribution in [0.15, 0.2) is 76.5 Å². The highest BCUT2D eigenvalue weighted by Crippen LogP contribution is 2.30. The van der Waals surface area contributed by atoms with Crippen LogP contribution in [0.5, 0.6) is 11.5 Å². The molecule has 33 heavy (non-hydrogen) atoms. The first-order valence-corrected chi connectivity index (χ1v) is 10.8. The number of H-pyrrole nitrogens is 1. The second-order valence-electron chi connectivity index (χ2n) is 7.22. The van der Waals surface area contributed by atoms with Crippen LogP contribution in [0.4, 0.5) is 5.69 Å². The molecule has 8 heteroatoms. The lowest BCUT2D eigenvalue weighted by molar-refractivity contribution is 0.414. The van der Waals surface area contributed by atoms with Crippen LogP contribution in [-0.2, 0) is 0 Å². The average Bonchev–Trinajstić information content (AvgIpc) is 3.18. The fourth-order valence-corrected chi connectivity index (χ4v) is 3.79. The smallest absolute Gasteiger partial charge is 0.280 e. The number of nitrogens with one attached hydrogen (secondary N) is 1. The third-order valence-corrected chi connectivity index (χ3v) is 5.71. The van der Waals surface area contributed by atoms with Gasteiger partial charge < -0.3 is 9.47 Å². The summed E-state index contributed by atoms with van der Waals surface area (Å²) in [5.41, 5.74) is 3.25. The van der Waals surface area contributed by atoms with Gasteiger partial charge in [0, 0.05) is 10.6 Å². The molecule has 0 bridgehead atoms. The molecule has 4 aromatic rings. The zero-order valence-corrected chi connectivity index (χ0v) is 19.7. The predicted molar refractivity (Wildman–Crippen MR) is 133 cm³/mol. The first kappa shape index (κ1) is 22.7. The third kappa shape index (κ3) is 4.67. The number of nitrogens with zero attached hydrogens (tertiary/aromatic N) is 2. The number of ether oxygens (including phenoxy) is 2. The normalized spacial score (nSPS) is 11.5. The van der Waals surface area contributed by atoms with E-state index in [0.717, 1.165) is 5.56 Å². The summed E-state index contributed by atoms with van der Waals surface area (Å²) in [5.74, 6) is 1.41. The molecule has 0 saturated carbocycles. The van der Waals surface area contributed by atoms with E-state index in [1.165, 1.54) is 4.68 Å². The standard InChI is InChI=1S/C25H21Cl2N3O3/c1-15(28-22-14-17(26)6-13-21(22)27)23-24(16-4-9-19(32-2)10-5-16)29-30(25(23)31)18-7-11-20(33-3)12-8-18/h4-14,29H,1-3H3. The minimum Gasteiger partial charge on any atom is -0.497 e. The quantitative estimate of drug-likeness (QED) is 0.328. The zero-order chi connectivity index (χ0) is 23.5. The van der Waals surface area contributed by atoms with Gasteiger partial charge in [-0.3, -0.25) is 14.9 Å². The lowest BCUT2D eigenvalue weighted by Crippen LogP contribution is -2.19. The Labute approximate surface area is 201 Å². The third-order valence-electron chi connectivity index (χ3n) is 5.16. The Morgan fingerprint density at radius 1 is 0.909 bits per heavy atom. The van der Waals surface area contributed by atoms with Crippen molar-refractivity contribution in [3.8, 4) is 28.4 Å². The van der Waals surface area contributed by atoms with E-state index in [4.69, 9.17) is 32.7 Å². The number of hydrogen-bond acceptors (Lipinski definition) is 4. The first-order valence-electron chi connectivity index (χ1n) is 10.1. The summed E-state index contributed by atoms with van der Waals surface area (Å²) in [6, 6.07) is 19.7. The number of benzene rings is 3. The van der Waals surface area contributed by atoms with Gasteiger partial charge in [0.15, 0.2) is 0 Å². The molecule has 0 atom stereocenters. The van der Waals surface area contributed by atoms with Crippen molar-refractivity contribution < 1.29 is 9.47 Å². The number of halogens is 2. The minimum atomic E-state index is -0.245. The molecule has 1 aromatic heterocycles. The number of aliphatic imine (C=N–C) groups is 1. The van der Waals surface area contributed by atoms with Gasteiger partial charge in [0.1, 0.15) is 11.5 Å². The molecule has 0 spiro atoms. The highest BCUT2D eigenvalue weighted by molar-refractivity contribution is 6.35. The fourth-order valence-electron chi connectivity index (χ4n) is 3.46. The molecule has 0 unspecified atom stereocenters. The Morgan fingerprint density at radius 2 is 1.52 bits per heavy atom. The van der Waals surface area contributed by atoms with E-state index in [1.54, 1.807) is 63.6 Å². The summed E-state index contributed by atoms with van der Waals surface area (Å²) in [6.45, 7) is 1.77. The molecule has 0 aliphatic carbocycles. The topological polar surface area (TPSA) is 68.6 Å². The van der Waals surface area contributed by atoms with E-state index >= 15 is 0 Å². The molecular weight excluding hydrogens is 461 g/mol. The van der Waals surface area contributed by atoms with E-state index in [1.807, 2.05) is 24.3 Å². The maximum atomic E-state index is 13.6. The Morgan fingerprint density at radius 3 is 2.12 bits per heavy atom. The Balaban J connectivity index is 1.91. The highest BCUT2D eigenvalue weighted by atomic mass is 35.5. The summed E-state index contributed by atoms with van der Waals surface area (Å²) in [4.78, 5) is 18.2. The average molecular weight is 482 g/mol. The minimum absolute atomic E-state index is 0.245. The second-order valence-corrected chi connectivity index (χ2v) is 8.07. The summed E-state index contributed by atoms with van der Waals surface area (Å²) in [5, 5.41) is 4.18. The number of aromatic nitrogens is 2. The SMILES string of the molecule is COc1ccc(-c2[nH]n(-c3ccc(OC)cc3)c(=O)c2C(C)=Nc2cc(Cl)ccc2Cl)cc1. The van der Waals surface area contributed by atoms with Gasteiger partial charge in [0.2, 0.25) is 0 Å². The van der Waals surface area contributed by atoms with Gasteiger partial charge in [-0.2, -0.15) is 0 Å². The number of hydrogen-bond donors (Lipinski definition) is 1. The molecule has 1 heterocycles. The highest BCUT2D eigenvalue weighted by Gasteiger charge is 2.20. The molecule has 0 aliphatic heterocycles. The number of methoxy groups -OCH3 is 2. The van der Waals surface area contributed by atoms with Crippen LogP contribution in [0.1, 0.15) is 12.5 Å². The van der Waals surface area contributed by atoms with Gasteiger partial charge in [0.25, 0.3) is 5.56 Å². The van der Waals surface area contributed by atoms with Crippen LogP contribution < -0.4 is 15.0 Å². The van der Waals surface area contributed by atoms with Crippen LogP contribution >= 0.6 is 23.2 Å². The fraction of sp³-hybridized carbons (Fsp3) is 0.120. The van der Waals surface area contributed by atoms with Gasteiger partial charge in [-0.1, -0.05) is 23.2 Å². The van der Waals surface area contributed by atoms with Gasteiger partial charge in [-0.25, -0.2) is 4.68 Å². The van der Waals surface area contributed by atoms with E-state index in [0.29, 0.717) is 49.9 Å². The molecule has 0 fully saturated rings. The van der Waals surface area contributed by atoms with Crippen molar-refractivity contribution in [2.45, 2.75) is 6.92 Å². The Kier molecular flexibility index (Phi) is 6.58. The van der Waals surface area contributed by atoms with E-state index < -0.39 is 0 Å². The summed E-state index contributed by atoms with van der Waals surface area (Å²) in [7, 11) is 3.20. The Bertz CT molecular complexity index is 1370. The van der Waals surface area contributed by atoms with Crippen molar-refractivity contribution in [2.75, 3.05) is 14.2 Å². The second kappa shape index (κ2) is 9.57. The largest absolute Gasteiger partial charge is 0.497 e. The lowest BCUT2D eigenvalue weighted by Gasteiger charge is -2.06. The van der Waals surface area contributed by atoms with Crippen molar-refractivity contribution in [1.29, 1.82) is 0 Å². The molecule has 4 rings (SSSR count). The Hall–Kier alpha value is -3.48. The van der Waals surface area contributed by atoms with Crippen LogP contribution in [0, 0.1) is 0 Å². The molecule has 168 valence electrons. The summed E-state index contributed by atoms with van der Waals surface area (Å²) >= 11 is 12.4. The van der Waals surface area contributed by atoms with Gasteiger partial charge in [-0.05, 0) is 73.7 Å². The summed E-state index contributed by atoms with van der Waals surface area (Å²) in [6.07, 6.45) is 0. The monoisotopic (exact) mass is 481 g/mol. The molecule has 1 N–H and O–H groups in total. The molecule has 0 radical (unpaired) electrons. The predicted octanol–water partition coefficient (Wildman–Crippen LogP) is 6.30. The van der Waals surface area contributed by atoms with Crippen molar-refractivity contribution in [2.24, 2.45) is 4.99 Å². The van der Waals surface area contributed by atoms with Crippen LogP contribution in [-0.4, -0.2) is 29.7 Å². The van der Waals surface area contributed by atoms with Crippen LogP contribution in [0.2, 0.25) is 10.0 Å². The van der Waals surface area contributed by atoms with Crippen molar-refractivity contribution in [3.63, 3.8) is 0 Å². The van der Waals surface area contributed by atoms with Crippen molar-refractivity contribution >= 4 is 34.6 Å².